The molecule has 16 heavy (non-hydrogen) atoms. The van der Waals surface area contributed by atoms with E-state index in [-0.39, 0.29) is 12.1 Å². The van der Waals surface area contributed by atoms with Gasteiger partial charge in [0, 0.05) is 18.7 Å². The molecule has 0 saturated heterocycles. The number of methoxy groups -OCH3 is 1. The van der Waals surface area contributed by atoms with Gasteiger partial charge in [-0.3, -0.25) is 14.9 Å². The molecule has 0 atom stereocenters. The van der Waals surface area contributed by atoms with Gasteiger partial charge >= 0.3 is 5.97 Å². The number of non-ortho nitro benzene ring substituents is 1. The number of nitrogens with zero attached hydrogens (tertiary/aromatic N) is 2. The second-order valence-corrected chi connectivity index (χ2v) is 2.68. The van der Waals surface area contributed by atoms with Gasteiger partial charge in [-0.15, -0.1) is 0 Å². The summed E-state index contributed by atoms with van der Waals surface area (Å²) in [5.74, 6) is -0.412. The standard InChI is InChI=1S/C9H9NO4.CHN/c1-14-9(11)6-7-3-2-4-8(5-7)10(12)13;1-2/h2-5H,6H2,1H3;1H. The monoisotopic (exact) mass is 222 g/mol. The van der Waals surface area contributed by atoms with Crippen LogP contribution in [0.25, 0.3) is 0 Å². The molecule has 0 radical (unpaired) electrons. The van der Waals surface area contributed by atoms with Crippen LogP contribution >= 0.6 is 0 Å². The van der Waals surface area contributed by atoms with Crippen molar-refractivity contribution in [2.75, 3.05) is 7.11 Å². The minimum Gasteiger partial charge on any atom is -0.469 e. The normalized spacial score (nSPS) is 8.44. The fourth-order valence-corrected chi connectivity index (χ4v) is 1.02. The molecular formula is C10H10N2O4. The summed E-state index contributed by atoms with van der Waals surface area (Å²) in [6.07, 6.45) is 0.0537. The predicted molar refractivity (Wildman–Crippen MR) is 55.5 cm³/mol. The summed E-state index contributed by atoms with van der Waals surface area (Å²) in [6, 6.07) is 5.91. The van der Waals surface area contributed by atoms with Gasteiger partial charge < -0.3 is 4.74 Å². The van der Waals surface area contributed by atoms with E-state index in [1.165, 1.54) is 25.3 Å². The average molecular weight is 222 g/mol. The Labute approximate surface area is 92.2 Å². The van der Waals surface area contributed by atoms with Gasteiger partial charge in [0.15, 0.2) is 0 Å². The van der Waals surface area contributed by atoms with Gasteiger partial charge in [0.05, 0.1) is 18.5 Å². The van der Waals surface area contributed by atoms with Crippen LogP contribution in [0.4, 0.5) is 5.69 Å². The number of ether oxygens (including phenoxy) is 1. The van der Waals surface area contributed by atoms with Crippen molar-refractivity contribution >= 4 is 11.7 Å². The van der Waals surface area contributed by atoms with E-state index in [4.69, 9.17) is 5.26 Å². The number of benzene rings is 1. The smallest absolute Gasteiger partial charge is 0.309 e. The van der Waals surface area contributed by atoms with Gasteiger partial charge in [0.25, 0.3) is 5.69 Å². The number of hydrogen-bond acceptors (Lipinski definition) is 5. The molecule has 0 amide bonds. The molecule has 0 unspecified atom stereocenters. The van der Waals surface area contributed by atoms with Crippen LogP contribution in [-0.2, 0) is 16.0 Å². The highest BCUT2D eigenvalue weighted by atomic mass is 16.6. The molecule has 0 aliphatic carbocycles. The molecule has 0 fully saturated rings. The lowest BCUT2D eigenvalue weighted by atomic mass is 10.1. The molecular weight excluding hydrogens is 212 g/mol. The first-order valence-corrected chi connectivity index (χ1v) is 4.19. The summed E-state index contributed by atoms with van der Waals surface area (Å²) in [5.41, 5.74) is 0.553. The van der Waals surface area contributed by atoms with E-state index >= 15 is 0 Å². The minimum absolute atomic E-state index is 0.0218. The fraction of sp³-hybridized carbons (Fsp3) is 0.200. The Balaban J connectivity index is 0.00000106. The number of rotatable bonds is 3. The Hall–Kier alpha value is -2.42. The minimum atomic E-state index is -0.499. The molecule has 1 aromatic carbocycles. The van der Waals surface area contributed by atoms with Crippen molar-refractivity contribution in [3.05, 3.63) is 39.9 Å². The summed E-state index contributed by atoms with van der Waals surface area (Å²) in [7, 11) is 1.28. The molecule has 0 N–H and O–H groups in total. The molecule has 0 aliphatic heterocycles. The van der Waals surface area contributed by atoms with Crippen LogP contribution in [0.5, 0.6) is 0 Å². The number of carbonyl (C=O) groups is 1. The molecule has 84 valence electrons. The van der Waals surface area contributed by atoms with E-state index in [0.29, 0.717) is 5.56 Å². The summed E-state index contributed by atoms with van der Waals surface area (Å²) in [6.45, 7) is 3.50. The Kier molecular flexibility index (Phi) is 5.90. The molecule has 6 nitrogen and oxygen atoms in total. The highest BCUT2D eigenvalue weighted by Gasteiger charge is 2.08. The molecule has 1 rings (SSSR count). The number of nitro benzene ring substituents is 1. The van der Waals surface area contributed by atoms with Crippen molar-refractivity contribution in [3.63, 3.8) is 0 Å². The first-order chi connectivity index (χ1) is 7.63. The largest absolute Gasteiger partial charge is 0.469 e. The summed E-state index contributed by atoms with van der Waals surface area (Å²) >= 11 is 0. The maximum atomic E-state index is 10.9. The number of nitro groups is 1. The van der Waals surface area contributed by atoms with Crippen molar-refractivity contribution in [1.29, 1.82) is 5.26 Å². The lowest BCUT2D eigenvalue weighted by molar-refractivity contribution is -0.384. The molecule has 6 heteroatoms. The van der Waals surface area contributed by atoms with Crippen LogP contribution in [-0.4, -0.2) is 18.0 Å². The van der Waals surface area contributed by atoms with Crippen LogP contribution in [0.1, 0.15) is 5.56 Å². The predicted octanol–water partition coefficient (Wildman–Crippen LogP) is 1.45. The average Bonchev–Trinajstić information content (AvgIpc) is 2.32. The van der Waals surface area contributed by atoms with Gasteiger partial charge in [0.2, 0.25) is 0 Å². The first kappa shape index (κ1) is 13.6. The Morgan fingerprint density at radius 2 is 2.19 bits per heavy atom. The van der Waals surface area contributed by atoms with Crippen molar-refractivity contribution < 1.29 is 14.5 Å². The quantitative estimate of drug-likeness (QED) is 0.438. The topological polar surface area (TPSA) is 93.2 Å². The van der Waals surface area contributed by atoms with Gasteiger partial charge in [-0.25, -0.2) is 5.26 Å². The van der Waals surface area contributed by atoms with Gasteiger partial charge in [-0.1, -0.05) is 12.1 Å². The van der Waals surface area contributed by atoms with Crippen molar-refractivity contribution in [1.82, 2.24) is 0 Å². The Bertz CT molecular complexity index is 401. The molecule has 0 saturated carbocycles. The van der Waals surface area contributed by atoms with Crippen LogP contribution in [0, 0.1) is 21.9 Å². The number of carbonyl (C=O) groups excluding carboxylic acids is 1. The Morgan fingerprint density at radius 3 is 2.69 bits per heavy atom. The van der Waals surface area contributed by atoms with Gasteiger partial charge in [-0.05, 0) is 5.56 Å². The maximum absolute atomic E-state index is 10.9. The lowest BCUT2D eigenvalue weighted by Gasteiger charge is -1.99. The second kappa shape index (κ2) is 6.95. The van der Waals surface area contributed by atoms with Gasteiger partial charge in [-0.2, -0.15) is 0 Å². The summed E-state index contributed by atoms with van der Waals surface area (Å²) < 4.78 is 4.45. The van der Waals surface area contributed by atoms with E-state index in [1.54, 1.807) is 6.07 Å². The third-order valence-corrected chi connectivity index (χ3v) is 1.70. The van der Waals surface area contributed by atoms with E-state index in [2.05, 4.69) is 11.3 Å². The van der Waals surface area contributed by atoms with Gasteiger partial charge in [0.1, 0.15) is 0 Å². The summed E-state index contributed by atoms with van der Waals surface area (Å²) in [4.78, 5) is 20.8. The highest BCUT2D eigenvalue weighted by molar-refractivity contribution is 5.72. The highest BCUT2D eigenvalue weighted by Crippen LogP contribution is 2.13. The zero-order valence-electron chi connectivity index (χ0n) is 8.62. The number of nitriles is 1. The lowest BCUT2D eigenvalue weighted by Crippen LogP contribution is -2.04. The van der Waals surface area contributed by atoms with Crippen molar-refractivity contribution in [3.8, 4) is 6.57 Å². The molecule has 0 aromatic heterocycles. The molecule has 0 bridgehead atoms. The van der Waals surface area contributed by atoms with Crippen molar-refractivity contribution in [2.45, 2.75) is 6.42 Å². The third kappa shape index (κ3) is 4.19. The van der Waals surface area contributed by atoms with Crippen LogP contribution in [0.15, 0.2) is 24.3 Å². The zero-order chi connectivity index (χ0) is 12.6. The third-order valence-electron chi connectivity index (χ3n) is 1.70. The van der Waals surface area contributed by atoms with E-state index < -0.39 is 10.9 Å². The van der Waals surface area contributed by atoms with Crippen LogP contribution in [0.3, 0.4) is 0 Å². The van der Waals surface area contributed by atoms with E-state index in [9.17, 15) is 14.9 Å². The van der Waals surface area contributed by atoms with Crippen LogP contribution in [0.2, 0.25) is 0 Å². The SMILES string of the molecule is C#N.COC(=O)Cc1cccc([N+](=O)[O-])c1. The van der Waals surface area contributed by atoms with E-state index in [1.807, 2.05) is 0 Å². The summed E-state index contributed by atoms with van der Waals surface area (Å²) in [5, 5.41) is 16.9. The second-order valence-electron chi connectivity index (χ2n) is 2.68. The number of esters is 1. The molecule has 0 heterocycles. The van der Waals surface area contributed by atoms with Crippen molar-refractivity contribution in [2.24, 2.45) is 0 Å². The number of hydrogen-bond donors (Lipinski definition) is 0. The van der Waals surface area contributed by atoms with E-state index in [0.717, 1.165) is 0 Å². The molecule has 0 aliphatic rings. The fourth-order valence-electron chi connectivity index (χ4n) is 1.02. The first-order valence-electron chi connectivity index (χ1n) is 4.19. The Morgan fingerprint density at radius 1 is 1.56 bits per heavy atom. The zero-order valence-corrected chi connectivity index (χ0v) is 8.62. The maximum Gasteiger partial charge on any atom is 0.309 e. The molecule has 0 spiro atoms. The molecule has 1 aromatic rings. The van der Waals surface area contributed by atoms with Crippen LogP contribution < -0.4 is 0 Å².